The molecule has 1 aromatic carbocycles. The van der Waals surface area contributed by atoms with Crippen molar-refractivity contribution in [3.8, 4) is 11.1 Å². The van der Waals surface area contributed by atoms with Gasteiger partial charge in [-0.3, -0.25) is 9.59 Å². The molecule has 0 saturated carbocycles. The van der Waals surface area contributed by atoms with Crippen molar-refractivity contribution in [1.82, 2.24) is 19.4 Å². The van der Waals surface area contributed by atoms with Gasteiger partial charge < -0.3 is 14.4 Å². The minimum absolute atomic E-state index is 0.218. The molecule has 0 aliphatic carbocycles. The Labute approximate surface area is 188 Å². The highest BCUT2D eigenvalue weighted by atomic mass is 16.2. The van der Waals surface area contributed by atoms with Gasteiger partial charge in [-0.25, -0.2) is 9.97 Å². The van der Waals surface area contributed by atoms with E-state index in [2.05, 4.69) is 4.98 Å². The molecule has 1 amide bonds. The molecule has 3 aromatic rings. The van der Waals surface area contributed by atoms with Crippen molar-refractivity contribution < 1.29 is 4.79 Å². The monoisotopic (exact) mass is 431 g/mol. The number of nitrogens with zero attached hydrogens (tertiary/aromatic N) is 5. The molecular weight excluding hydrogens is 402 g/mol. The van der Waals surface area contributed by atoms with Crippen molar-refractivity contribution in [2.45, 2.75) is 32.7 Å². The van der Waals surface area contributed by atoms with E-state index in [1.165, 1.54) is 4.57 Å². The molecule has 7 nitrogen and oxygen atoms in total. The Kier molecular flexibility index (Phi) is 5.82. The number of benzene rings is 1. The van der Waals surface area contributed by atoms with E-state index in [4.69, 9.17) is 4.98 Å². The lowest BCUT2D eigenvalue weighted by molar-refractivity contribution is 0.0730. The molecule has 3 heterocycles. The first-order valence-corrected chi connectivity index (χ1v) is 10.9. The first-order valence-electron chi connectivity index (χ1n) is 10.9. The van der Waals surface area contributed by atoms with Crippen LogP contribution >= 0.6 is 0 Å². The molecule has 2 aromatic heterocycles. The van der Waals surface area contributed by atoms with Crippen LogP contribution in [-0.4, -0.2) is 46.0 Å². The standard InChI is InChI=1S/C25H29N5O2/c1-16-14-17(2)29(5)23(31)21(16)24(32)30-13-9-12-20(30)22-19(18-10-7-6-8-11-18)15-26-25(27-22)28(3)4/h6-8,10-11,14-15,20H,9,12-13H2,1-5H3/t20-/m0/s1. The van der Waals surface area contributed by atoms with Crippen molar-refractivity contribution >= 4 is 11.9 Å². The number of hydrogen-bond donors (Lipinski definition) is 0. The fourth-order valence-electron chi connectivity index (χ4n) is 4.37. The van der Waals surface area contributed by atoms with E-state index in [1.807, 2.05) is 80.3 Å². The lowest BCUT2D eigenvalue weighted by atomic mass is 9.99. The Bertz CT molecular complexity index is 1220. The zero-order valence-corrected chi connectivity index (χ0v) is 19.3. The smallest absolute Gasteiger partial charge is 0.263 e. The second-order valence-corrected chi connectivity index (χ2v) is 8.59. The van der Waals surface area contributed by atoms with Crippen LogP contribution in [-0.2, 0) is 7.05 Å². The maximum absolute atomic E-state index is 13.7. The summed E-state index contributed by atoms with van der Waals surface area (Å²) in [7, 11) is 5.51. The number of rotatable bonds is 4. The molecule has 1 aliphatic heterocycles. The molecule has 1 fully saturated rings. The number of likely N-dealkylation sites (tertiary alicyclic amines) is 1. The predicted octanol–water partition coefficient (Wildman–Crippen LogP) is 3.50. The topological polar surface area (TPSA) is 71.3 Å². The third kappa shape index (κ3) is 3.79. The zero-order chi connectivity index (χ0) is 23.0. The SMILES string of the molecule is Cc1cc(C)n(C)c(=O)c1C(=O)N1CCC[C@H]1c1nc(N(C)C)ncc1-c1ccccc1. The van der Waals surface area contributed by atoms with Gasteiger partial charge in [-0.1, -0.05) is 30.3 Å². The zero-order valence-electron chi connectivity index (χ0n) is 19.3. The third-order valence-electron chi connectivity index (χ3n) is 6.20. The van der Waals surface area contributed by atoms with Gasteiger partial charge in [0, 0.05) is 45.1 Å². The lowest BCUT2D eigenvalue weighted by Gasteiger charge is -2.27. The normalized spacial score (nSPS) is 15.8. The van der Waals surface area contributed by atoms with E-state index >= 15 is 0 Å². The average molecular weight is 432 g/mol. The average Bonchev–Trinajstić information content (AvgIpc) is 3.27. The minimum atomic E-state index is -0.252. The summed E-state index contributed by atoms with van der Waals surface area (Å²) < 4.78 is 1.54. The molecule has 166 valence electrons. The molecule has 0 radical (unpaired) electrons. The summed E-state index contributed by atoms with van der Waals surface area (Å²) in [6.45, 7) is 4.30. The molecule has 4 rings (SSSR count). The molecule has 1 saturated heterocycles. The summed E-state index contributed by atoms with van der Waals surface area (Å²) in [6, 6.07) is 11.7. The molecule has 0 N–H and O–H groups in total. The number of aromatic nitrogens is 3. The van der Waals surface area contributed by atoms with Crippen molar-refractivity contribution in [3.05, 3.63) is 75.5 Å². The molecule has 0 unspecified atom stereocenters. The Hall–Kier alpha value is -3.48. The summed E-state index contributed by atoms with van der Waals surface area (Å²) in [5, 5.41) is 0. The van der Waals surface area contributed by atoms with Crippen molar-refractivity contribution in [3.63, 3.8) is 0 Å². The summed E-state index contributed by atoms with van der Waals surface area (Å²) in [5.74, 6) is 0.371. The lowest BCUT2D eigenvalue weighted by Crippen LogP contribution is -2.37. The fraction of sp³-hybridized carbons (Fsp3) is 0.360. The highest BCUT2D eigenvalue weighted by Crippen LogP contribution is 2.37. The number of anilines is 1. The first kappa shape index (κ1) is 21.7. The molecule has 32 heavy (non-hydrogen) atoms. The van der Waals surface area contributed by atoms with Gasteiger partial charge in [0.05, 0.1) is 11.7 Å². The van der Waals surface area contributed by atoms with Crippen LogP contribution in [0.5, 0.6) is 0 Å². The van der Waals surface area contributed by atoms with Gasteiger partial charge in [-0.05, 0) is 43.9 Å². The molecule has 1 atom stereocenters. The molecule has 0 bridgehead atoms. The molecule has 0 spiro atoms. The maximum Gasteiger partial charge on any atom is 0.263 e. The van der Waals surface area contributed by atoms with Crippen LogP contribution in [0.3, 0.4) is 0 Å². The predicted molar refractivity (Wildman–Crippen MR) is 126 cm³/mol. The number of carbonyl (C=O) groups excluding carboxylic acids is 1. The van der Waals surface area contributed by atoms with E-state index in [0.717, 1.165) is 35.4 Å². The van der Waals surface area contributed by atoms with Crippen LogP contribution in [0, 0.1) is 13.8 Å². The fourth-order valence-corrected chi connectivity index (χ4v) is 4.37. The van der Waals surface area contributed by atoms with Crippen LogP contribution in [0.2, 0.25) is 0 Å². The van der Waals surface area contributed by atoms with Crippen molar-refractivity contribution in [1.29, 1.82) is 0 Å². The maximum atomic E-state index is 13.7. The largest absolute Gasteiger partial charge is 0.347 e. The summed E-state index contributed by atoms with van der Waals surface area (Å²) in [5.41, 5.74) is 4.28. The van der Waals surface area contributed by atoms with Crippen LogP contribution in [0.15, 0.2) is 47.4 Å². The number of pyridine rings is 1. The first-order chi connectivity index (χ1) is 15.3. The Morgan fingerprint density at radius 3 is 2.56 bits per heavy atom. The highest BCUT2D eigenvalue weighted by molar-refractivity contribution is 5.96. The number of hydrogen-bond acceptors (Lipinski definition) is 5. The Morgan fingerprint density at radius 1 is 1.16 bits per heavy atom. The van der Waals surface area contributed by atoms with E-state index in [0.29, 0.717) is 18.1 Å². The van der Waals surface area contributed by atoms with E-state index in [-0.39, 0.29) is 23.1 Å². The second kappa shape index (κ2) is 8.57. The number of amides is 1. The number of aryl methyl sites for hydroxylation is 2. The van der Waals surface area contributed by atoms with E-state index in [1.54, 1.807) is 7.05 Å². The Balaban J connectivity index is 1.82. The van der Waals surface area contributed by atoms with Gasteiger partial charge in [-0.2, -0.15) is 0 Å². The molecule has 1 aliphatic rings. The number of carbonyl (C=O) groups is 1. The van der Waals surface area contributed by atoms with Gasteiger partial charge in [0.1, 0.15) is 5.56 Å². The molecule has 7 heteroatoms. The van der Waals surface area contributed by atoms with Crippen LogP contribution in [0.1, 0.15) is 46.2 Å². The van der Waals surface area contributed by atoms with E-state index in [9.17, 15) is 9.59 Å². The highest BCUT2D eigenvalue weighted by Gasteiger charge is 2.35. The van der Waals surface area contributed by atoms with Crippen molar-refractivity contribution in [2.24, 2.45) is 7.05 Å². The van der Waals surface area contributed by atoms with Crippen LogP contribution in [0.25, 0.3) is 11.1 Å². The van der Waals surface area contributed by atoms with Gasteiger partial charge in [-0.15, -0.1) is 0 Å². The summed E-state index contributed by atoms with van der Waals surface area (Å²) >= 11 is 0. The van der Waals surface area contributed by atoms with Crippen molar-refractivity contribution in [2.75, 3.05) is 25.5 Å². The van der Waals surface area contributed by atoms with Gasteiger partial charge in [0.15, 0.2) is 0 Å². The minimum Gasteiger partial charge on any atom is -0.347 e. The summed E-state index contributed by atoms with van der Waals surface area (Å²) in [6.07, 6.45) is 3.49. The van der Waals surface area contributed by atoms with Gasteiger partial charge >= 0.3 is 0 Å². The Morgan fingerprint density at radius 2 is 1.88 bits per heavy atom. The summed E-state index contributed by atoms with van der Waals surface area (Å²) in [4.78, 5) is 39.7. The van der Waals surface area contributed by atoms with Crippen LogP contribution in [0.4, 0.5) is 5.95 Å². The second-order valence-electron chi connectivity index (χ2n) is 8.59. The van der Waals surface area contributed by atoms with Gasteiger partial charge in [0.25, 0.3) is 11.5 Å². The third-order valence-corrected chi connectivity index (χ3v) is 6.20. The molecular formula is C25H29N5O2. The van der Waals surface area contributed by atoms with Gasteiger partial charge in [0.2, 0.25) is 5.95 Å². The quantitative estimate of drug-likeness (QED) is 0.632. The van der Waals surface area contributed by atoms with Crippen LogP contribution < -0.4 is 10.5 Å². The van der Waals surface area contributed by atoms with E-state index < -0.39 is 0 Å².